The maximum absolute atomic E-state index is 12.4. The highest BCUT2D eigenvalue weighted by molar-refractivity contribution is 5.94. The number of nitrogens with zero attached hydrogens (tertiary/aromatic N) is 1. The molecule has 3 nitrogen and oxygen atoms in total. The SMILES string of the molecule is Cc1cccc(C(=O)N[C@@H]2CCCN(CC3CCCCC3)C2)c1. The molecule has 1 heterocycles. The van der Waals surface area contributed by atoms with E-state index in [1.165, 1.54) is 51.6 Å². The van der Waals surface area contributed by atoms with Crippen LogP contribution in [0, 0.1) is 12.8 Å². The lowest BCUT2D eigenvalue weighted by molar-refractivity contribution is 0.0890. The van der Waals surface area contributed by atoms with E-state index in [0.29, 0.717) is 6.04 Å². The number of carbonyl (C=O) groups is 1. The van der Waals surface area contributed by atoms with Crippen LogP contribution in [0.4, 0.5) is 0 Å². The van der Waals surface area contributed by atoms with E-state index in [2.05, 4.69) is 10.2 Å². The maximum Gasteiger partial charge on any atom is 0.251 e. The van der Waals surface area contributed by atoms with E-state index in [1.807, 2.05) is 31.2 Å². The number of hydrogen-bond acceptors (Lipinski definition) is 2. The minimum Gasteiger partial charge on any atom is -0.348 e. The predicted octanol–water partition coefficient (Wildman–Crippen LogP) is 3.77. The number of nitrogens with one attached hydrogen (secondary N) is 1. The second kappa shape index (κ2) is 7.96. The van der Waals surface area contributed by atoms with Gasteiger partial charge in [0.05, 0.1) is 0 Å². The van der Waals surface area contributed by atoms with Crippen LogP contribution in [0.25, 0.3) is 0 Å². The normalized spacial score (nSPS) is 23.6. The molecule has 3 rings (SSSR count). The standard InChI is InChI=1S/C20H30N2O/c1-16-7-5-10-18(13-16)20(23)21-19-11-6-12-22(15-19)14-17-8-3-2-4-9-17/h5,7,10,13,17,19H,2-4,6,8-9,11-12,14-15H2,1H3,(H,21,23)/t19-/m1/s1. The summed E-state index contributed by atoms with van der Waals surface area (Å²) in [5.74, 6) is 0.966. The van der Waals surface area contributed by atoms with Gasteiger partial charge in [0.1, 0.15) is 0 Å². The molecule has 0 spiro atoms. The molecule has 2 fully saturated rings. The van der Waals surface area contributed by atoms with Gasteiger partial charge in [-0.1, -0.05) is 37.0 Å². The molecular formula is C20H30N2O. The van der Waals surface area contributed by atoms with Crippen LogP contribution in [0.5, 0.6) is 0 Å². The van der Waals surface area contributed by atoms with Gasteiger partial charge in [-0.2, -0.15) is 0 Å². The minimum atomic E-state index is 0.0817. The molecule has 1 amide bonds. The molecule has 0 unspecified atom stereocenters. The zero-order valence-corrected chi connectivity index (χ0v) is 14.4. The molecule has 1 aliphatic heterocycles. The summed E-state index contributed by atoms with van der Waals surface area (Å²) in [7, 11) is 0. The molecule has 1 atom stereocenters. The molecule has 23 heavy (non-hydrogen) atoms. The Morgan fingerprint density at radius 2 is 2.00 bits per heavy atom. The van der Waals surface area contributed by atoms with Crippen LogP contribution in [0.3, 0.4) is 0 Å². The highest BCUT2D eigenvalue weighted by Gasteiger charge is 2.24. The van der Waals surface area contributed by atoms with Gasteiger partial charge in [-0.05, 0) is 57.2 Å². The maximum atomic E-state index is 12.4. The fourth-order valence-electron chi connectivity index (χ4n) is 4.13. The summed E-state index contributed by atoms with van der Waals surface area (Å²) in [6.45, 7) is 5.49. The molecule has 2 aliphatic rings. The van der Waals surface area contributed by atoms with E-state index in [9.17, 15) is 4.79 Å². The van der Waals surface area contributed by atoms with E-state index in [0.717, 1.165) is 30.0 Å². The Bertz CT molecular complexity index is 522. The lowest BCUT2D eigenvalue weighted by Crippen LogP contribution is -2.48. The minimum absolute atomic E-state index is 0.0817. The lowest BCUT2D eigenvalue weighted by Gasteiger charge is -2.36. The van der Waals surface area contributed by atoms with Gasteiger partial charge in [-0.15, -0.1) is 0 Å². The Labute approximate surface area is 140 Å². The van der Waals surface area contributed by atoms with Crippen molar-refractivity contribution in [1.82, 2.24) is 10.2 Å². The van der Waals surface area contributed by atoms with Gasteiger partial charge in [0, 0.05) is 24.7 Å². The molecular weight excluding hydrogens is 284 g/mol. The second-order valence-electron chi connectivity index (χ2n) is 7.45. The van der Waals surface area contributed by atoms with E-state index >= 15 is 0 Å². The van der Waals surface area contributed by atoms with Crippen LogP contribution < -0.4 is 5.32 Å². The van der Waals surface area contributed by atoms with E-state index in [4.69, 9.17) is 0 Å². The monoisotopic (exact) mass is 314 g/mol. The van der Waals surface area contributed by atoms with Crippen molar-refractivity contribution in [3.63, 3.8) is 0 Å². The van der Waals surface area contributed by atoms with Crippen LogP contribution in [-0.4, -0.2) is 36.5 Å². The fraction of sp³-hybridized carbons (Fsp3) is 0.650. The molecule has 0 bridgehead atoms. The first kappa shape index (κ1) is 16.5. The van der Waals surface area contributed by atoms with E-state index < -0.39 is 0 Å². The van der Waals surface area contributed by atoms with Crippen molar-refractivity contribution in [1.29, 1.82) is 0 Å². The number of piperidine rings is 1. The number of hydrogen-bond donors (Lipinski definition) is 1. The Balaban J connectivity index is 1.50. The average molecular weight is 314 g/mol. The largest absolute Gasteiger partial charge is 0.348 e. The lowest BCUT2D eigenvalue weighted by atomic mass is 9.88. The third-order valence-electron chi connectivity index (χ3n) is 5.36. The molecule has 0 aromatic heterocycles. The zero-order valence-electron chi connectivity index (χ0n) is 14.4. The van der Waals surface area contributed by atoms with Crippen LogP contribution in [0.1, 0.15) is 60.9 Å². The van der Waals surface area contributed by atoms with Gasteiger partial charge in [0.2, 0.25) is 0 Å². The molecule has 1 aromatic rings. The van der Waals surface area contributed by atoms with Crippen molar-refractivity contribution in [2.45, 2.75) is 57.9 Å². The first-order valence-electron chi connectivity index (χ1n) is 9.30. The predicted molar refractivity (Wildman–Crippen MR) is 94.7 cm³/mol. The van der Waals surface area contributed by atoms with E-state index in [-0.39, 0.29) is 5.91 Å². The van der Waals surface area contributed by atoms with Gasteiger partial charge >= 0.3 is 0 Å². The number of aryl methyl sites for hydroxylation is 1. The average Bonchev–Trinajstić information content (AvgIpc) is 2.56. The molecule has 1 N–H and O–H groups in total. The van der Waals surface area contributed by atoms with Crippen molar-refractivity contribution in [3.8, 4) is 0 Å². The summed E-state index contributed by atoms with van der Waals surface area (Å²) in [5, 5.41) is 3.25. The number of carbonyl (C=O) groups excluding carboxylic acids is 1. The van der Waals surface area contributed by atoms with Gasteiger partial charge in [-0.3, -0.25) is 4.79 Å². The summed E-state index contributed by atoms with van der Waals surface area (Å²) < 4.78 is 0. The fourth-order valence-corrected chi connectivity index (χ4v) is 4.13. The Kier molecular flexibility index (Phi) is 5.71. The Morgan fingerprint density at radius 1 is 1.17 bits per heavy atom. The first-order chi connectivity index (χ1) is 11.2. The smallest absolute Gasteiger partial charge is 0.251 e. The van der Waals surface area contributed by atoms with Crippen LogP contribution in [-0.2, 0) is 0 Å². The van der Waals surface area contributed by atoms with Crippen LogP contribution >= 0.6 is 0 Å². The van der Waals surface area contributed by atoms with Crippen molar-refractivity contribution >= 4 is 5.91 Å². The van der Waals surface area contributed by atoms with Gasteiger partial charge in [-0.25, -0.2) is 0 Å². The molecule has 1 saturated carbocycles. The molecule has 1 aliphatic carbocycles. The third-order valence-corrected chi connectivity index (χ3v) is 5.36. The molecule has 126 valence electrons. The Morgan fingerprint density at radius 3 is 2.78 bits per heavy atom. The van der Waals surface area contributed by atoms with Gasteiger partial charge < -0.3 is 10.2 Å². The van der Waals surface area contributed by atoms with Crippen LogP contribution in [0.15, 0.2) is 24.3 Å². The Hall–Kier alpha value is -1.35. The summed E-state index contributed by atoms with van der Waals surface area (Å²) in [6, 6.07) is 8.17. The summed E-state index contributed by atoms with van der Waals surface area (Å²) >= 11 is 0. The quantitative estimate of drug-likeness (QED) is 0.917. The van der Waals surface area contributed by atoms with E-state index in [1.54, 1.807) is 0 Å². The second-order valence-corrected chi connectivity index (χ2v) is 7.45. The molecule has 1 saturated heterocycles. The molecule has 3 heteroatoms. The van der Waals surface area contributed by atoms with Crippen molar-refractivity contribution in [2.75, 3.05) is 19.6 Å². The number of rotatable bonds is 4. The van der Waals surface area contributed by atoms with Crippen molar-refractivity contribution in [2.24, 2.45) is 5.92 Å². The highest BCUT2D eigenvalue weighted by Crippen LogP contribution is 2.25. The van der Waals surface area contributed by atoms with Crippen molar-refractivity contribution in [3.05, 3.63) is 35.4 Å². The van der Waals surface area contributed by atoms with Crippen molar-refractivity contribution < 1.29 is 4.79 Å². The highest BCUT2D eigenvalue weighted by atomic mass is 16.1. The molecule has 0 radical (unpaired) electrons. The topological polar surface area (TPSA) is 32.3 Å². The molecule has 1 aromatic carbocycles. The summed E-state index contributed by atoms with van der Waals surface area (Å²) in [5.41, 5.74) is 1.93. The summed E-state index contributed by atoms with van der Waals surface area (Å²) in [4.78, 5) is 15.0. The third kappa shape index (κ3) is 4.81. The van der Waals surface area contributed by atoms with Crippen LogP contribution in [0.2, 0.25) is 0 Å². The first-order valence-corrected chi connectivity index (χ1v) is 9.30. The van der Waals surface area contributed by atoms with Gasteiger partial charge in [0.15, 0.2) is 0 Å². The zero-order chi connectivity index (χ0) is 16.1. The number of amides is 1. The number of benzene rings is 1. The van der Waals surface area contributed by atoms with Gasteiger partial charge in [0.25, 0.3) is 5.91 Å². The number of likely N-dealkylation sites (tertiary alicyclic amines) is 1. The summed E-state index contributed by atoms with van der Waals surface area (Å²) in [6.07, 6.45) is 9.35.